The number of benzene rings is 2. The molecule has 0 spiro atoms. The fourth-order valence-electron chi connectivity index (χ4n) is 4.52. The van der Waals surface area contributed by atoms with Crippen LogP contribution in [0.15, 0.2) is 59.5 Å². The van der Waals surface area contributed by atoms with Crippen LogP contribution in [-0.4, -0.2) is 24.8 Å². The van der Waals surface area contributed by atoms with Gasteiger partial charge in [-0.05, 0) is 0 Å². The van der Waals surface area contributed by atoms with Crippen LogP contribution >= 0.6 is 22.7 Å². The summed E-state index contributed by atoms with van der Waals surface area (Å²) in [6.45, 7) is 0. The van der Waals surface area contributed by atoms with Crippen molar-refractivity contribution in [2.24, 2.45) is 0 Å². The van der Waals surface area contributed by atoms with Gasteiger partial charge in [0.05, 0.1) is 0 Å². The standard InChI is InChI=1S/C24H16GeO2S2/c1-25(2)19-7-8-28-23(19)24-20(25)12-15(29-24)11-18-21(26)16-9-13-5-3-4-6-14(13)10-17(16)22(18)27/h3-12H,1-2H3. The number of fused-ring (bicyclic) bond motifs is 5. The molecule has 1 aliphatic heterocycles. The number of ketones is 2. The van der Waals surface area contributed by atoms with E-state index < -0.39 is 13.3 Å². The van der Waals surface area contributed by atoms with E-state index in [0.29, 0.717) is 16.7 Å². The van der Waals surface area contributed by atoms with Crippen LogP contribution in [0.4, 0.5) is 0 Å². The molecule has 0 saturated carbocycles. The third kappa shape index (κ3) is 2.34. The molecule has 0 N–H and O–H groups in total. The molecule has 2 aromatic heterocycles. The van der Waals surface area contributed by atoms with Crippen molar-refractivity contribution in [3.05, 3.63) is 75.5 Å². The molecule has 4 aromatic rings. The summed E-state index contributed by atoms with van der Waals surface area (Å²) in [6.07, 6.45) is 1.82. The second-order valence-electron chi connectivity index (χ2n) is 8.14. The summed E-state index contributed by atoms with van der Waals surface area (Å²) in [7, 11) is 0. The van der Waals surface area contributed by atoms with Gasteiger partial charge < -0.3 is 0 Å². The van der Waals surface area contributed by atoms with Crippen molar-refractivity contribution in [1.82, 2.24) is 0 Å². The Kier molecular flexibility index (Phi) is 3.56. The Hall–Kier alpha value is -2.28. The fourth-order valence-corrected chi connectivity index (χ4v) is 16.3. The number of hydrogen-bond acceptors (Lipinski definition) is 4. The van der Waals surface area contributed by atoms with Crippen molar-refractivity contribution < 1.29 is 9.59 Å². The van der Waals surface area contributed by atoms with Crippen LogP contribution < -0.4 is 8.79 Å². The van der Waals surface area contributed by atoms with Gasteiger partial charge in [-0.25, -0.2) is 0 Å². The van der Waals surface area contributed by atoms with Crippen LogP contribution in [-0.2, 0) is 0 Å². The van der Waals surface area contributed by atoms with E-state index in [0.717, 1.165) is 15.6 Å². The van der Waals surface area contributed by atoms with Crippen LogP contribution in [0.25, 0.3) is 26.6 Å². The first-order chi connectivity index (χ1) is 13.9. The maximum atomic E-state index is 13.0. The summed E-state index contributed by atoms with van der Waals surface area (Å²) in [5.74, 6) is 4.55. The number of carbonyl (C=O) groups is 2. The Bertz CT molecular complexity index is 1360. The molecule has 0 saturated heterocycles. The average Bonchev–Trinajstić information content (AvgIpc) is 3.44. The summed E-state index contributed by atoms with van der Waals surface area (Å²) in [5.41, 5.74) is 1.36. The van der Waals surface area contributed by atoms with Crippen LogP contribution in [0.2, 0.25) is 11.5 Å². The molecule has 6 rings (SSSR count). The van der Waals surface area contributed by atoms with Crippen molar-refractivity contribution >= 4 is 73.1 Å². The molecule has 2 aliphatic rings. The molecule has 140 valence electrons. The van der Waals surface area contributed by atoms with Gasteiger partial charge in [-0.2, -0.15) is 0 Å². The van der Waals surface area contributed by atoms with Gasteiger partial charge in [0.2, 0.25) is 0 Å². The Morgan fingerprint density at radius 1 is 0.828 bits per heavy atom. The van der Waals surface area contributed by atoms with Gasteiger partial charge in [-0.1, -0.05) is 0 Å². The third-order valence-corrected chi connectivity index (χ3v) is 16.4. The SMILES string of the molecule is [CH3][Ge]1([CH3])[c]2ccsc2-c2sc(C=C3C(=O)c4cc5ccccc5cc4C3=O)c[c]21. The summed E-state index contributed by atoms with van der Waals surface area (Å²) in [4.78, 5) is 29.9. The molecule has 1 aliphatic carbocycles. The Morgan fingerprint density at radius 2 is 1.48 bits per heavy atom. The van der Waals surface area contributed by atoms with Crippen molar-refractivity contribution in [1.29, 1.82) is 0 Å². The summed E-state index contributed by atoms with van der Waals surface area (Å²) < 4.78 is 3.03. The van der Waals surface area contributed by atoms with Gasteiger partial charge in [-0.3, -0.25) is 0 Å². The van der Waals surface area contributed by atoms with Gasteiger partial charge in [-0.15, -0.1) is 0 Å². The van der Waals surface area contributed by atoms with Crippen molar-refractivity contribution in [3.8, 4) is 9.75 Å². The van der Waals surface area contributed by atoms with E-state index in [1.807, 2.05) is 53.8 Å². The Labute approximate surface area is 178 Å². The van der Waals surface area contributed by atoms with Crippen molar-refractivity contribution in [2.75, 3.05) is 0 Å². The molecule has 0 radical (unpaired) electrons. The first kappa shape index (κ1) is 17.6. The van der Waals surface area contributed by atoms with Gasteiger partial charge >= 0.3 is 179 Å². The van der Waals surface area contributed by atoms with E-state index in [1.165, 1.54) is 14.2 Å². The third-order valence-electron chi connectivity index (χ3n) is 6.12. The van der Waals surface area contributed by atoms with E-state index in [4.69, 9.17) is 0 Å². The molecule has 2 nitrogen and oxygen atoms in total. The van der Waals surface area contributed by atoms with E-state index in [9.17, 15) is 9.59 Å². The van der Waals surface area contributed by atoms with Gasteiger partial charge in [0, 0.05) is 0 Å². The van der Waals surface area contributed by atoms with E-state index in [-0.39, 0.29) is 11.6 Å². The quantitative estimate of drug-likeness (QED) is 0.216. The fraction of sp³-hybridized carbons (Fsp3) is 0.0833. The molecule has 0 unspecified atom stereocenters. The Balaban J connectivity index is 1.47. The van der Waals surface area contributed by atoms with Crippen LogP contribution in [0.5, 0.6) is 0 Å². The number of carbonyl (C=O) groups excluding carboxylic acids is 2. The van der Waals surface area contributed by atoms with Gasteiger partial charge in [0.15, 0.2) is 0 Å². The second-order valence-corrected chi connectivity index (χ2v) is 19.2. The van der Waals surface area contributed by atoms with Crippen LogP contribution in [0, 0.1) is 0 Å². The predicted molar refractivity (Wildman–Crippen MR) is 125 cm³/mol. The van der Waals surface area contributed by atoms with Crippen molar-refractivity contribution in [2.45, 2.75) is 11.5 Å². The van der Waals surface area contributed by atoms with Gasteiger partial charge in [0.1, 0.15) is 0 Å². The Morgan fingerprint density at radius 3 is 2.14 bits per heavy atom. The van der Waals surface area contributed by atoms with E-state index in [2.05, 4.69) is 29.0 Å². The van der Waals surface area contributed by atoms with Crippen molar-refractivity contribution in [3.63, 3.8) is 0 Å². The zero-order valence-electron chi connectivity index (χ0n) is 15.9. The minimum atomic E-state index is -2.24. The first-order valence-corrected chi connectivity index (χ1v) is 17.5. The predicted octanol–water partition coefficient (Wildman–Crippen LogP) is 5.23. The number of rotatable bonds is 1. The molecular formula is C24H16GeO2S2. The van der Waals surface area contributed by atoms with E-state index >= 15 is 0 Å². The summed E-state index contributed by atoms with van der Waals surface area (Å²) in [5, 5.41) is 4.16. The molecule has 2 aromatic carbocycles. The molecule has 0 atom stereocenters. The topological polar surface area (TPSA) is 34.1 Å². The zero-order chi connectivity index (χ0) is 19.9. The number of Topliss-reactive ketones (excluding diaryl/α,β-unsaturated/α-hetero) is 2. The number of hydrogen-bond donors (Lipinski definition) is 0. The van der Waals surface area contributed by atoms with Crippen LogP contribution in [0.1, 0.15) is 25.6 Å². The number of thiophene rings is 2. The van der Waals surface area contributed by atoms with Crippen LogP contribution in [0.3, 0.4) is 0 Å². The molecule has 0 fully saturated rings. The minimum absolute atomic E-state index is 0.151. The average molecular weight is 473 g/mol. The molecular weight excluding hydrogens is 457 g/mol. The maximum absolute atomic E-state index is 13.0. The van der Waals surface area contributed by atoms with E-state index in [1.54, 1.807) is 15.7 Å². The first-order valence-electron chi connectivity index (χ1n) is 9.52. The molecule has 3 heterocycles. The molecule has 0 amide bonds. The molecule has 0 bridgehead atoms. The zero-order valence-corrected chi connectivity index (χ0v) is 19.6. The molecule has 29 heavy (non-hydrogen) atoms. The summed E-state index contributed by atoms with van der Waals surface area (Å²) in [6, 6.07) is 16.1. The summed E-state index contributed by atoms with van der Waals surface area (Å²) >= 11 is 1.28. The second kappa shape index (κ2) is 5.88. The normalized spacial score (nSPS) is 16.3. The molecule has 5 heteroatoms. The number of allylic oxidation sites excluding steroid dienone is 1. The van der Waals surface area contributed by atoms with Gasteiger partial charge in [0.25, 0.3) is 0 Å². The monoisotopic (exact) mass is 474 g/mol.